The Bertz CT molecular complexity index is 189. The van der Waals surface area contributed by atoms with Crippen molar-refractivity contribution in [1.82, 2.24) is 4.90 Å². The van der Waals surface area contributed by atoms with Crippen LogP contribution in [0.4, 0.5) is 0 Å². The fraction of sp³-hybridized carbons (Fsp3) is 1.00. The van der Waals surface area contributed by atoms with E-state index in [4.69, 9.17) is 0 Å². The van der Waals surface area contributed by atoms with Gasteiger partial charge >= 0.3 is 0 Å². The molecular formula is C13H25NO. The van der Waals surface area contributed by atoms with Crippen LogP contribution in [-0.4, -0.2) is 35.2 Å². The predicted octanol–water partition coefficient (Wildman–Crippen LogP) is 2.41. The molecule has 1 N–H and O–H groups in total. The molecule has 0 aromatic heterocycles. The first-order valence-corrected chi connectivity index (χ1v) is 6.73. The number of β-amino-alcohol motifs (C(OH)–C–C–N with tert-alkyl or cyclic N) is 1. The molecule has 2 atom stereocenters. The van der Waals surface area contributed by atoms with Gasteiger partial charge in [0, 0.05) is 12.6 Å². The van der Waals surface area contributed by atoms with Crippen LogP contribution in [0.2, 0.25) is 0 Å². The quantitative estimate of drug-likeness (QED) is 0.772. The summed E-state index contributed by atoms with van der Waals surface area (Å²) >= 11 is 0. The van der Waals surface area contributed by atoms with Gasteiger partial charge in [0.15, 0.2) is 0 Å². The molecule has 2 aliphatic rings. The normalized spacial score (nSPS) is 31.2. The zero-order valence-corrected chi connectivity index (χ0v) is 9.99. The maximum Gasteiger partial charge on any atom is 0.0695 e. The van der Waals surface area contributed by atoms with Gasteiger partial charge in [0.2, 0.25) is 0 Å². The third-order valence-corrected chi connectivity index (χ3v) is 4.34. The van der Waals surface area contributed by atoms with Gasteiger partial charge in [-0.25, -0.2) is 0 Å². The monoisotopic (exact) mass is 211 g/mol. The van der Waals surface area contributed by atoms with Crippen molar-refractivity contribution in [2.45, 2.75) is 64.0 Å². The van der Waals surface area contributed by atoms with E-state index < -0.39 is 0 Å². The molecule has 1 aliphatic heterocycles. The minimum Gasteiger partial charge on any atom is -0.392 e. The maximum atomic E-state index is 10.2. The second kappa shape index (κ2) is 5.31. The number of aliphatic hydroxyl groups excluding tert-OH is 1. The Morgan fingerprint density at radius 2 is 1.93 bits per heavy atom. The minimum absolute atomic E-state index is 0.0559. The Morgan fingerprint density at radius 1 is 1.20 bits per heavy atom. The molecule has 0 amide bonds. The molecule has 2 unspecified atom stereocenters. The lowest BCUT2D eigenvalue weighted by atomic mass is 10.00. The van der Waals surface area contributed by atoms with Gasteiger partial charge in [-0.2, -0.15) is 0 Å². The van der Waals surface area contributed by atoms with Crippen molar-refractivity contribution in [2.24, 2.45) is 5.92 Å². The lowest BCUT2D eigenvalue weighted by Gasteiger charge is -2.28. The summed E-state index contributed by atoms with van der Waals surface area (Å²) in [5, 5.41) is 10.2. The van der Waals surface area contributed by atoms with Crippen molar-refractivity contribution < 1.29 is 5.11 Å². The highest BCUT2D eigenvalue weighted by Crippen LogP contribution is 2.29. The van der Waals surface area contributed by atoms with Crippen LogP contribution in [0.15, 0.2) is 0 Å². The fourth-order valence-corrected chi connectivity index (χ4v) is 3.33. The first kappa shape index (κ1) is 11.4. The summed E-state index contributed by atoms with van der Waals surface area (Å²) in [5.74, 6) is 0.600. The Hall–Kier alpha value is -0.0800. The van der Waals surface area contributed by atoms with Crippen molar-refractivity contribution >= 4 is 0 Å². The molecule has 0 bridgehead atoms. The van der Waals surface area contributed by atoms with Gasteiger partial charge < -0.3 is 5.11 Å². The molecule has 2 fully saturated rings. The smallest absolute Gasteiger partial charge is 0.0695 e. The van der Waals surface area contributed by atoms with E-state index in [1.807, 2.05) is 0 Å². The van der Waals surface area contributed by atoms with Crippen LogP contribution in [0.5, 0.6) is 0 Å². The number of rotatable bonds is 4. The van der Waals surface area contributed by atoms with Crippen LogP contribution < -0.4 is 0 Å². The Labute approximate surface area is 93.7 Å². The summed E-state index contributed by atoms with van der Waals surface area (Å²) in [7, 11) is 0. The Balaban J connectivity index is 1.79. The van der Waals surface area contributed by atoms with E-state index in [2.05, 4.69) is 11.8 Å². The van der Waals surface area contributed by atoms with Gasteiger partial charge in [0.25, 0.3) is 0 Å². The van der Waals surface area contributed by atoms with E-state index in [0.29, 0.717) is 5.92 Å². The van der Waals surface area contributed by atoms with E-state index in [-0.39, 0.29) is 6.10 Å². The van der Waals surface area contributed by atoms with Gasteiger partial charge in [-0.1, -0.05) is 19.8 Å². The number of hydrogen-bond donors (Lipinski definition) is 1. The Kier molecular flexibility index (Phi) is 4.04. The van der Waals surface area contributed by atoms with Gasteiger partial charge in [0.1, 0.15) is 0 Å². The van der Waals surface area contributed by atoms with Crippen molar-refractivity contribution in [2.75, 3.05) is 13.1 Å². The minimum atomic E-state index is -0.0559. The molecule has 1 saturated heterocycles. The average molecular weight is 211 g/mol. The van der Waals surface area contributed by atoms with E-state index in [1.54, 1.807) is 0 Å². The molecule has 15 heavy (non-hydrogen) atoms. The SMILES string of the molecule is CCC1CCCN1CC(O)C1CCCC1. The molecule has 0 aromatic carbocycles. The molecule has 1 aliphatic carbocycles. The van der Waals surface area contributed by atoms with E-state index in [9.17, 15) is 5.11 Å². The summed E-state index contributed by atoms with van der Waals surface area (Å²) in [5.41, 5.74) is 0. The molecule has 0 spiro atoms. The maximum absolute atomic E-state index is 10.2. The largest absolute Gasteiger partial charge is 0.392 e. The number of aliphatic hydroxyl groups is 1. The highest BCUT2D eigenvalue weighted by Gasteiger charge is 2.29. The molecule has 2 heteroatoms. The molecule has 0 aromatic rings. The number of nitrogens with zero attached hydrogens (tertiary/aromatic N) is 1. The second-order valence-corrected chi connectivity index (χ2v) is 5.31. The zero-order chi connectivity index (χ0) is 10.7. The molecule has 88 valence electrons. The van der Waals surface area contributed by atoms with Crippen molar-refractivity contribution in [3.8, 4) is 0 Å². The highest BCUT2D eigenvalue weighted by atomic mass is 16.3. The fourth-order valence-electron chi connectivity index (χ4n) is 3.33. The number of likely N-dealkylation sites (tertiary alicyclic amines) is 1. The summed E-state index contributed by atoms with van der Waals surface area (Å²) in [6, 6.07) is 0.751. The first-order chi connectivity index (χ1) is 7.31. The van der Waals surface area contributed by atoms with Crippen LogP contribution in [0, 0.1) is 5.92 Å². The summed E-state index contributed by atoms with van der Waals surface area (Å²) in [6.07, 6.45) is 9.04. The summed E-state index contributed by atoms with van der Waals surface area (Å²) in [4.78, 5) is 2.52. The third-order valence-electron chi connectivity index (χ3n) is 4.34. The third kappa shape index (κ3) is 2.73. The molecule has 0 radical (unpaired) electrons. The van der Waals surface area contributed by atoms with Crippen LogP contribution >= 0.6 is 0 Å². The van der Waals surface area contributed by atoms with Gasteiger partial charge in [-0.3, -0.25) is 4.90 Å². The summed E-state index contributed by atoms with van der Waals surface area (Å²) in [6.45, 7) is 4.41. The first-order valence-electron chi connectivity index (χ1n) is 6.73. The molecule has 1 saturated carbocycles. The van der Waals surface area contributed by atoms with Gasteiger partial charge in [0.05, 0.1) is 6.10 Å². The van der Waals surface area contributed by atoms with Crippen molar-refractivity contribution in [3.05, 3.63) is 0 Å². The van der Waals surface area contributed by atoms with Crippen LogP contribution in [0.3, 0.4) is 0 Å². The summed E-state index contributed by atoms with van der Waals surface area (Å²) < 4.78 is 0. The van der Waals surface area contributed by atoms with Crippen LogP contribution in [0.1, 0.15) is 51.9 Å². The number of hydrogen-bond acceptors (Lipinski definition) is 2. The zero-order valence-electron chi connectivity index (χ0n) is 9.99. The molecule has 1 heterocycles. The highest BCUT2D eigenvalue weighted by molar-refractivity contribution is 4.83. The van der Waals surface area contributed by atoms with Crippen molar-refractivity contribution in [3.63, 3.8) is 0 Å². The van der Waals surface area contributed by atoms with Crippen LogP contribution in [0.25, 0.3) is 0 Å². The van der Waals surface area contributed by atoms with Gasteiger partial charge in [-0.05, 0) is 44.6 Å². The van der Waals surface area contributed by atoms with Gasteiger partial charge in [-0.15, -0.1) is 0 Å². The Morgan fingerprint density at radius 3 is 2.60 bits per heavy atom. The lowest BCUT2D eigenvalue weighted by Crippen LogP contribution is -2.38. The topological polar surface area (TPSA) is 23.5 Å². The predicted molar refractivity (Wildman–Crippen MR) is 62.9 cm³/mol. The molecule has 2 nitrogen and oxygen atoms in total. The average Bonchev–Trinajstić information content (AvgIpc) is 2.87. The second-order valence-electron chi connectivity index (χ2n) is 5.31. The van der Waals surface area contributed by atoms with Crippen LogP contribution in [-0.2, 0) is 0 Å². The lowest BCUT2D eigenvalue weighted by molar-refractivity contribution is 0.0604. The van der Waals surface area contributed by atoms with E-state index in [0.717, 1.165) is 12.6 Å². The van der Waals surface area contributed by atoms with E-state index in [1.165, 1.54) is 51.5 Å². The molecule has 2 rings (SSSR count). The standard InChI is InChI=1S/C13H25NO/c1-2-12-8-5-9-14(12)10-13(15)11-6-3-4-7-11/h11-13,15H,2-10H2,1H3. The van der Waals surface area contributed by atoms with Crippen molar-refractivity contribution in [1.29, 1.82) is 0 Å². The van der Waals surface area contributed by atoms with E-state index >= 15 is 0 Å². The molecular weight excluding hydrogens is 186 g/mol.